The van der Waals surface area contributed by atoms with Crippen LogP contribution >= 0.6 is 11.6 Å². The van der Waals surface area contributed by atoms with Gasteiger partial charge in [-0.3, -0.25) is 4.98 Å². The summed E-state index contributed by atoms with van der Waals surface area (Å²) in [6.07, 6.45) is 3.81. The lowest BCUT2D eigenvalue weighted by molar-refractivity contribution is 0.561. The highest BCUT2D eigenvalue weighted by molar-refractivity contribution is 7.89. The standard InChI is InChI=1S/C11H17ClN2O2S/c1-10(8-12)9-14-17(15,16)7-4-11-2-5-13-6-3-11/h2-3,5-6,10,14H,4,7-9H2,1H3. The number of aromatic nitrogens is 1. The molecule has 0 fully saturated rings. The minimum absolute atomic E-state index is 0.0893. The average molecular weight is 277 g/mol. The molecule has 1 N–H and O–H groups in total. The van der Waals surface area contributed by atoms with Crippen LogP contribution in [-0.4, -0.2) is 31.6 Å². The first kappa shape index (κ1) is 14.4. The number of nitrogens with zero attached hydrogens (tertiary/aromatic N) is 1. The van der Waals surface area contributed by atoms with Crippen LogP contribution in [0.1, 0.15) is 12.5 Å². The van der Waals surface area contributed by atoms with Crippen LogP contribution in [0.15, 0.2) is 24.5 Å². The minimum atomic E-state index is -3.21. The molecule has 0 bridgehead atoms. The van der Waals surface area contributed by atoms with Gasteiger partial charge in [0.2, 0.25) is 10.0 Å². The number of halogens is 1. The molecule has 1 heterocycles. The number of pyridine rings is 1. The van der Waals surface area contributed by atoms with Gasteiger partial charge in [-0.25, -0.2) is 13.1 Å². The van der Waals surface area contributed by atoms with Crippen LogP contribution in [0, 0.1) is 5.92 Å². The van der Waals surface area contributed by atoms with Crippen molar-refractivity contribution in [3.05, 3.63) is 30.1 Å². The van der Waals surface area contributed by atoms with Gasteiger partial charge in [0, 0.05) is 24.8 Å². The fourth-order valence-corrected chi connectivity index (χ4v) is 2.49. The maximum Gasteiger partial charge on any atom is 0.211 e. The van der Waals surface area contributed by atoms with Gasteiger partial charge in [0.05, 0.1) is 5.75 Å². The summed E-state index contributed by atoms with van der Waals surface area (Å²) in [5.41, 5.74) is 0.968. The second kappa shape index (κ2) is 6.93. The first-order chi connectivity index (χ1) is 8.03. The zero-order chi connectivity index (χ0) is 12.7. The molecular formula is C11H17ClN2O2S. The van der Waals surface area contributed by atoms with Gasteiger partial charge < -0.3 is 0 Å². The second-order valence-electron chi connectivity index (χ2n) is 4.03. The Morgan fingerprint density at radius 3 is 2.65 bits per heavy atom. The molecular weight excluding hydrogens is 260 g/mol. The van der Waals surface area contributed by atoms with Crippen molar-refractivity contribution in [1.29, 1.82) is 0 Å². The molecule has 0 radical (unpaired) electrons. The highest BCUT2D eigenvalue weighted by Gasteiger charge is 2.11. The lowest BCUT2D eigenvalue weighted by Crippen LogP contribution is -2.31. The van der Waals surface area contributed by atoms with Crippen LogP contribution < -0.4 is 4.72 Å². The lowest BCUT2D eigenvalue weighted by atomic mass is 10.2. The summed E-state index contributed by atoms with van der Waals surface area (Å²) in [5, 5.41) is 0. The highest BCUT2D eigenvalue weighted by Crippen LogP contribution is 2.01. The third-order valence-corrected chi connectivity index (χ3v) is 4.20. The van der Waals surface area contributed by atoms with Crippen molar-refractivity contribution in [2.45, 2.75) is 13.3 Å². The molecule has 17 heavy (non-hydrogen) atoms. The fraction of sp³-hybridized carbons (Fsp3) is 0.545. The maximum absolute atomic E-state index is 11.7. The summed E-state index contributed by atoms with van der Waals surface area (Å²) >= 11 is 5.61. The van der Waals surface area contributed by atoms with Gasteiger partial charge >= 0.3 is 0 Å². The van der Waals surface area contributed by atoms with Gasteiger partial charge in [0.25, 0.3) is 0 Å². The zero-order valence-electron chi connectivity index (χ0n) is 9.77. The fourth-order valence-electron chi connectivity index (χ4n) is 1.20. The van der Waals surface area contributed by atoms with E-state index in [1.807, 2.05) is 19.1 Å². The topological polar surface area (TPSA) is 59.1 Å². The molecule has 0 aliphatic rings. The smallest absolute Gasteiger partial charge is 0.211 e. The number of nitrogens with one attached hydrogen (secondary N) is 1. The van der Waals surface area contributed by atoms with Gasteiger partial charge in [-0.2, -0.15) is 0 Å². The van der Waals surface area contributed by atoms with E-state index in [1.165, 1.54) is 0 Å². The van der Waals surface area contributed by atoms with E-state index in [9.17, 15) is 8.42 Å². The monoisotopic (exact) mass is 276 g/mol. The number of rotatable bonds is 7. The molecule has 0 spiro atoms. The Morgan fingerprint density at radius 1 is 1.41 bits per heavy atom. The van der Waals surface area contributed by atoms with Crippen LogP contribution in [0.3, 0.4) is 0 Å². The summed E-state index contributed by atoms with van der Waals surface area (Å²) in [4.78, 5) is 3.88. The quantitative estimate of drug-likeness (QED) is 0.766. The third kappa shape index (κ3) is 6.00. The Morgan fingerprint density at radius 2 is 2.06 bits per heavy atom. The van der Waals surface area contributed by atoms with Crippen molar-refractivity contribution < 1.29 is 8.42 Å². The van der Waals surface area contributed by atoms with Gasteiger partial charge in [-0.1, -0.05) is 6.92 Å². The zero-order valence-corrected chi connectivity index (χ0v) is 11.3. The molecule has 1 unspecified atom stereocenters. The summed E-state index contributed by atoms with van der Waals surface area (Å²) in [7, 11) is -3.21. The molecule has 0 aromatic carbocycles. The second-order valence-corrected chi connectivity index (χ2v) is 6.27. The molecule has 1 atom stereocenters. The van der Waals surface area contributed by atoms with Gasteiger partial charge in [-0.15, -0.1) is 11.6 Å². The summed E-state index contributed by atoms with van der Waals surface area (Å²) in [6.45, 7) is 2.29. The Bertz CT molecular complexity index is 422. The molecule has 0 aliphatic carbocycles. The van der Waals surface area contributed by atoms with Gasteiger partial charge in [0.15, 0.2) is 0 Å². The largest absolute Gasteiger partial charge is 0.265 e. The van der Waals surface area contributed by atoms with Gasteiger partial charge in [-0.05, 0) is 30.0 Å². The molecule has 0 saturated carbocycles. The third-order valence-electron chi connectivity index (χ3n) is 2.32. The number of aryl methyl sites for hydroxylation is 1. The molecule has 1 aromatic heterocycles. The molecule has 0 saturated heterocycles. The van der Waals surface area contributed by atoms with Crippen molar-refractivity contribution >= 4 is 21.6 Å². The molecule has 6 heteroatoms. The lowest BCUT2D eigenvalue weighted by Gasteiger charge is -2.10. The number of hydrogen-bond acceptors (Lipinski definition) is 3. The Balaban J connectivity index is 2.40. The molecule has 0 amide bonds. The summed E-state index contributed by atoms with van der Waals surface area (Å²) < 4.78 is 25.9. The molecule has 1 aromatic rings. The summed E-state index contributed by atoms with van der Waals surface area (Å²) in [5.74, 6) is 0.686. The normalized spacial score (nSPS) is 13.5. The van der Waals surface area contributed by atoms with Crippen molar-refractivity contribution in [1.82, 2.24) is 9.71 Å². The van der Waals surface area contributed by atoms with E-state index < -0.39 is 10.0 Å². The predicted molar refractivity (Wildman–Crippen MR) is 69.6 cm³/mol. The number of hydrogen-bond donors (Lipinski definition) is 1. The van der Waals surface area contributed by atoms with E-state index in [4.69, 9.17) is 11.6 Å². The van der Waals surface area contributed by atoms with Crippen LogP contribution in [0.25, 0.3) is 0 Å². The van der Waals surface area contributed by atoms with E-state index in [-0.39, 0.29) is 11.7 Å². The molecule has 4 nitrogen and oxygen atoms in total. The van der Waals surface area contributed by atoms with E-state index in [2.05, 4.69) is 9.71 Å². The SMILES string of the molecule is CC(CCl)CNS(=O)(=O)CCc1ccncc1. The molecule has 96 valence electrons. The van der Waals surface area contributed by atoms with Crippen LogP contribution in [0.2, 0.25) is 0 Å². The van der Waals surface area contributed by atoms with Crippen molar-refractivity contribution in [2.24, 2.45) is 5.92 Å². The number of alkyl halides is 1. The Labute approximate surface area is 107 Å². The molecule has 0 aliphatic heterocycles. The van der Waals surface area contributed by atoms with Crippen LogP contribution in [-0.2, 0) is 16.4 Å². The maximum atomic E-state index is 11.7. The van der Waals surface area contributed by atoms with E-state index in [0.29, 0.717) is 18.8 Å². The van der Waals surface area contributed by atoms with E-state index >= 15 is 0 Å². The van der Waals surface area contributed by atoms with E-state index in [1.54, 1.807) is 12.4 Å². The first-order valence-corrected chi connectivity index (χ1v) is 7.64. The Kier molecular flexibility index (Phi) is 5.88. The minimum Gasteiger partial charge on any atom is -0.265 e. The Hall–Kier alpha value is -0.650. The van der Waals surface area contributed by atoms with Crippen LogP contribution in [0.4, 0.5) is 0 Å². The van der Waals surface area contributed by atoms with E-state index in [0.717, 1.165) is 5.56 Å². The first-order valence-electron chi connectivity index (χ1n) is 5.45. The van der Waals surface area contributed by atoms with Crippen molar-refractivity contribution in [3.63, 3.8) is 0 Å². The average Bonchev–Trinajstić information content (AvgIpc) is 2.35. The van der Waals surface area contributed by atoms with Crippen molar-refractivity contribution in [2.75, 3.05) is 18.2 Å². The highest BCUT2D eigenvalue weighted by atomic mass is 35.5. The van der Waals surface area contributed by atoms with Gasteiger partial charge in [0.1, 0.15) is 0 Å². The number of sulfonamides is 1. The summed E-state index contributed by atoms with van der Waals surface area (Å²) in [6, 6.07) is 3.63. The molecule has 1 rings (SSSR count). The predicted octanol–water partition coefficient (Wildman–Crippen LogP) is 1.42. The van der Waals surface area contributed by atoms with Crippen molar-refractivity contribution in [3.8, 4) is 0 Å². The van der Waals surface area contributed by atoms with Crippen LogP contribution in [0.5, 0.6) is 0 Å².